The first-order valence-electron chi connectivity index (χ1n) is 9.09. The van der Waals surface area contributed by atoms with Gasteiger partial charge in [0, 0.05) is 24.9 Å². The van der Waals surface area contributed by atoms with Gasteiger partial charge in [0.25, 0.3) is 0 Å². The van der Waals surface area contributed by atoms with E-state index in [-0.39, 0.29) is 12.4 Å². The molecule has 3 rings (SSSR count). The molecule has 0 fully saturated rings. The number of nitrogens with zero attached hydrogens (tertiary/aromatic N) is 1. The molecule has 0 saturated carbocycles. The highest BCUT2D eigenvalue weighted by Crippen LogP contribution is 2.29. The lowest BCUT2D eigenvalue weighted by Crippen LogP contribution is -2.42. The van der Waals surface area contributed by atoms with Gasteiger partial charge in [-0.1, -0.05) is 18.2 Å². The summed E-state index contributed by atoms with van der Waals surface area (Å²) in [4.78, 5) is 18.6. The fraction of sp³-hybridized carbons (Fsp3) is 0.238. The molecule has 0 aliphatic carbocycles. The Bertz CT molecular complexity index is 947. The van der Waals surface area contributed by atoms with Gasteiger partial charge in [-0.2, -0.15) is 0 Å². The lowest BCUT2D eigenvalue weighted by atomic mass is 10.1. The van der Waals surface area contributed by atoms with Crippen LogP contribution in [-0.2, 0) is 24.4 Å². The minimum absolute atomic E-state index is 0.222. The number of ether oxygens (including phenoxy) is 2. The molecule has 8 heteroatoms. The number of imidazole rings is 1. The second-order valence-electron chi connectivity index (χ2n) is 6.52. The molecule has 0 radical (unpaired) electrons. The van der Waals surface area contributed by atoms with Crippen LogP contribution in [0.25, 0.3) is 0 Å². The fourth-order valence-electron chi connectivity index (χ4n) is 2.86. The summed E-state index contributed by atoms with van der Waals surface area (Å²) in [6.45, 7) is 0.641. The highest BCUT2D eigenvalue weighted by Gasteiger charge is 2.16. The van der Waals surface area contributed by atoms with E-state index in [1.165, 1.54) is 12.1 Å². The Hall–Kier alpha value is -3.39. The maximum atomic E-state index is 13.3. The van der Waals surface area contributed by atoms with Crippen molar-refractivity contribution in [2.24, 2.45) is 5.73 Å². The number of H-pyrrole nitrogens is 1. The smallest absolute Gasteiger partial charge is 0.234 e. The van der Waals surface area contributed by atoms with Gasteiger partial charge < -0.3 is 25.5 Å². The van der Waals surface area contributed by atoms with Crippen LogP contribution in [0, 0.1) is 5.82 Å². The number of rotatable bonds is 10. The zero-order valence-corrected chi connectivity index (χ0v) is 16.0. The van der Waals surface area contributed by atoms with Crippen molar-refractivity contribution in [3.8, 4) is 11.5 Å². The minimum atomic E-state index is -0.537. The average molecular weight is 398 g/mol. The Labute approximate surface area is 168 Å². The molecule has 4 N–H and O–H groups in total. The number of aromatic nitrogens is 2. The maximum Gasteiger partial charge on any atom is 0.234 e. The summed E-state index contributed by atoms with van der Waals surface area (Å²) < 4.78 is 24.5. The van der Waals surface area contributed by atoms with Crippen LogP contribution in [0.4, 0.5) is 4.39 Å². The van der Waals surface area contributed by atoms with Gasteiger partial charge in [0.2, 0.25) is 5.91 Å². The van der Waals surface area contributed by atoms with E-state index in [9.17, 15) is 9.18 Å². The molecular weight excluding hydrogens is 375 g/mol. The van der Waals surface area contributed by atoms with Gasteiger partial charge in [-0.05, 0) is 35.4 Å². The maximum absolute atomic E-state index is 13.3. The zero-order valence-electron chi connectivity index (χ0n) is 16.0. The average Bonchev–Trinajstić information content (AvgIpc) is 3.23. The number of aromatic amines is 1. The van der Waals surface area contributed by atoms with Crippen LogP contribution in [-0.4, -0.2) is 29.0 Å². The summed E-state index contributed by atoms with van der Waals surface area (Å²) in [7, 11) is 1.55. The summed E-state index contributed by atoms with van der Waals surface area (Å²) >= 11 is 0. The van der Waals surface area contributed by atoms with Crippen LogP contribution >= 0.6 is 0 Å². The molecule has 1 amide bonds. The van der Waals surface area contributed by atoms with E-state index in [1.807, 2.05) is 12.1 Å². The van der Waals surface area contributed by atoms with Crippen molar-refractivity contribution in [2.45, 2.75) is 25.6 Å². The Kier molecular flexibility index (Phi) is 6.80. The lowest BCUT2D eigenvalue weighted by molar-refractivity contribution is -0.120. The monoisotopic (exact) mass is 398 g/mol. The Morgan fingerprint density at radius 2 is 2.10 bits per heavy atom. The van der Waals surface area contributed by atoms with Gasteiger partial charge >= 0.3 is 0 Å². The van der Waals surface area contributed by atoms with Gasteiger partial charge in [0.1, 0.15) is 12.4 Å². The van der Waals surface area contributed by atoms with Crippen LogP contribution in [0.15, 0.2) is 55.0 Å². The summed E-state index contributed by atoms with van der Waals surface area (Å²) in [6.07, 6.45) is 3.63. The predicted molar refractivity (Wildman–Crippen MR) is 106 cm³/mol. The van der Waals surface area contributed by atoms with Crippen molar-refractivity contribution in [1.29, 1.82) is 0 Å². The molecular formula is C21H23FN4O3. The minimum Gasteiger partial charge on any atom is -0.493 e. The molecule has 1 atom stereocenters. The van der Waals surface area contributed by atoms with E-state index < -0.39 is 11.9 Å². The third-order valence-corrected chi connectivity index (χ3v) is 4.39. The second-order valence-corrected chi connectivity index (χ2v) is 6.52. The van der Waals surface area contributed by atoms with E-state index in [4.69, 9.17) is 15.2 Å². The third kappa shape index (κ3) is 5.79. The van der Waals surface area contributed by atoms with E-state index in [0.29, 0.717) is 24.5 Å². The summed E-state index contributed by atoms with van der Waals surface area (Å²) in [5.41, 5.74) is 7.94. The molecule has 0 aliphatic heterocycles. The van der Waals surface area contributed by atoms with Crippen LogP contribution in [0.1, 0.15) is 16.8 Å². The molecule has 0 aliphatic rings. The topological polar surface area (TPSA) is 102 Å². The number of nitrogens with two attached hydrogens (primary N) is 1. The quantitative estimate of drug-likeness (QED) is 0.486. The van der Waals surface area contributed by atoms with Crippen LogP contribution in [0.5, 0.6) is 11.5 Å². The van der Waals surface area contributed by atoms with Crippen molar-refractivity contribution in [3.05, 3.63) is 77.6 Å². The van der Waals surface area contributed by atoms with E-state index in [2.05, 4.69) is 15.3 Å². The Morgan fingerprint density at radius 3 is 2.79 bits per heavy atom. The number of nitrogens with one attached hydrogen (secondary N) is 2. The van der Waals surface area contributed by atoms with Crippen molar-refractivity contribution in [2.75, 3.05) is 7.11 Å². The number of hydrogen-bond donors (Lipinski definition) is 3. The standard InChI is InChI=1S/C21H23FN4O3/c1-28-20-8-14(10-25-18(21(23)27)9-17-11-24-13-26-17)5-6-19(20)29-12-15-3-2-4-16(22)7-15/h2-8,11,13,18,25H,9-10,12H2,1H3,(H2,23,27)(H,24,26). The number of methoxy groups -OCH3 is 1. The Balaban J connectivity index is 1.62. The van der Waals surface area contributed by atoms with E-state index in [0.717, 1.165) is 16.8 Å². The first kappa shape index (κ1) is 20.3. The molecule has 1 aromatic heterocycles. The van der Waals surface area contributed by atoms with Gasteiger partial charge in [-0.3, -0.25) is 4.79 Å². The molecule has 0 saturated heterocycles. The molecule has 2 aromatic carbocycles. The molecule has 0 spiro atoms. The van der Waals surface area contributed by atoms with Crippen molar-refractivity contribution < 1.29 is 18.7 Å². The second kappa shape index (κ2) is 9.70. The number of hydrogen-bond acceptors (Lipinski definition) is 5. The number of primary amides is 1. The molecule has 3 aromatic rings. The van der Waals surface area contributed by atoms with Crippen molar-refractivity contribution in [3.63, 3.8) is 0 Å². The summed E-state index contributed by atoms with van der Waals surface area (Å²) in [6, 6.07) is 11.2. The normalized spacial score (nSPS) is 11.8. The van der Waals surface area contributed by atoms with Gasteiger partial charge in [0.15, 0.2) is 11.5 Å². The van der Waals surface area contributed by atoms with E-state index >= 15 is 0 Å². The Morgan fingerprint density at radius 1 is 1.24 bits per heavy atom. The summed E-state index contributed by atoms with van der Waals surface area (Å²) in [5, 5.41) is 3.15. The van der Waals surface area contributed by atoms with Gasteiger partial charge in [0.05, 0.1) is 19.5 Å². The highest BCUT2D eigenvalue weighted by molar-refractivity contribution is 5.80. The lowest BCUT2D eigenvalue weighted by Gasteiger charge is -2.16. The van der Waals surface area contributed by atoms with Gasteiger partial charge in [-0.15, -0.1) is 0 Å². The fourth-order valence-corrected chi connectivity index (χ4v) is 2.86. The molecule has 29 heavy (non-hydrogen) atoms. The molecule has 152 valence electrons. The van der Waals surface area contributed by atoms with Crippen molar-refractivity contribution >= 4 is 5.91 Å². The predicted octanol–water partition coefficient (Wildman–Crippen LogP) is 2.32. The number of benzene rings is 2. The van der Waals surface area contributed by atoms with Gasteiger partial charge in [-0.25, -0.2) is 9.37 Å². The van der Waals surface area contributed by atoms with Crippen LogP contribution in [0.3, 0.4) is 0 Å². The molecule has 1 heterocycles. The molecule has 0 bridgehead atoms. The molecule has 7 nitrogen and oxygen atoms in total. The largest absolute Gasteiger partial charge is 0.493 e. The number of halogens is 1. The first-order valence-corrected chi connectivity index (χ1v) is 9.09. The number of amides is 1. The first-order chi connectivity index (χ1) is 14.0. The highest BCUT2D eigenvalue weighted by atomic mass is 19.1. The number of carbonyl (C=O) groups is 1. The SMILES string of the molecule is COc1cc(CNC(Cc2cnc[nH]2)C(N)=O)ccc1OCc1cccc(F)c1. The third-order valence-electron chi connectivity index (χ3n) is 4.39. The van der Waals surface area contributed by atoms with Crippen molar-refractivity contribution in [1.82, 2.24) is 15.3 Å². The zero-order chi connectivity index (χ0) is 20.6. The van der Waals surface area contributed by atoms with Crippen LogP contribution in [0.2, 0.25) is 0 Å². The number of carbonyl (C=O) groups excluding carboxylic acids is 1. The summed E-state index contributed by atoms with van der Waals surface area (Å²) in [5.74, 6) is 0.342. The van der Waals surface area contributed by atoms with Crippen LogP contribution < -0.4 is 20.5 Å². The van der Waals surface area contributed by atoms with E-state index in [1.54, 1.807) is 37.8 Å². The molecule has 1 unspecified atom stereocenters.